The van der Waals surface area contributed by atoms with Crippen molar-refractivity contribution in [1.82, 2.24) is 5.32 Å². The fraction of sp³-hybridized carbons (Fsp3) is 0.400. The van der Waals surface area contributed by atoms with E-state index in [9.17, 15) is 5.11 Å². The lowest BCUT2D eigenvalue weighted by Crippen LogP contribution is -2.34. The molecule has 0 saturated carbocycles. The van der Waals surface area contributed by atoms with Crippen molar-refractivity contribution in [3.05, 3.63) is 65.7 Å². The van der Waals surface area contributed by atoms with Crippen LogP contribution in [0.2, 0.25) is 0 Å². The van der Waals surface area contributed by atoms with Crippen molar-refractivity contribution < 1.29 is 9.84 Å². The van der Waals surface area contributed by atoms with Crippen LogP contribution in [0.25, 0.3) is 0 Å². The molecule has 2 N–H and O–H groups in total. The van der Waals surface area contributed by atoms with Gasteiger partial charge in [-0.1, -0.05) is 62.4 Å². The summed E-state index contributed by atoms with van der Waals surface area (Å²) in [7, 11) is 1.69. The number of aliphatic hydroxyl groups excluding tert-OH is 1. The number of rotatable bonds is 8. The largest absolute Gasteiger partial charge is 0.496 e. The van der Waals surface area contributed by atoms with E-state index in [4.69, 9.17) is 4.74 Å². The van der Waals surface area contributed by atoms with Crippen LogP contribution in [-0.4, -0.2) is 25.4 Å². The van der Waals surface area contributed by atoms with Crippen LogP contribution in [0.1, 0.15) is 30.9 Å². The predicted molar refractivity (Wildman–Crippen MR) is 94.8 cm³/mol. The monoisotopic (exact) mass is 313 g/mol. The van der Waals surface area contributed by atoms with E-state index in [1.54, 1.807) is 7.11 Å². The third-order valence-corrected chi connectivity index (χ3v) is 4.41. The van der Waals surface area contributed by atoms with Crippen LogP contribution >= 0.6 is 0 Å². The van der Waals surface area contributed by atoms with Gasteiger partial charge >= 0.3 is 0 Å². The van der Waals surface area contributed by atoms with E-state index in [1.165, 1.54) is 5.56 Å². The smallest absolute Gasteiger partial charge is 0.123 e. The summed E-state index contributed by atoms with van der Waals surface area (Å²) < 4.78 is 5.40. The highest BCUT2D eigenvalue weighted by atomic mass is 16.5. The number of aliphatic hydroxyl groups is 1. The maximum absolute atomic E-state index is 9.78. The van der Waals surface area contributed by atoms with E-state index in [2.05, 4.69) is 49.5 Å². The fourth-order valence-corrected chi connectivity index (χ4v) is 2.84. The van der Waals surface area contributed by atoms with Gasteiger partial charge in [0.2, 0.25) is 0 Å². The van der Waals surface area contributed by atoms with Crippen LogP contribution in [0.4, 0.5) is 0 Å². The Morgan fingerprint density at radius 2 is 1.70 bits per heavy atom. The molecule has 3 nitrogen and oxygen atoms in total. The lowest BCUT2D eigenvalue weighted by molar-refractivity contribution is 0.129. The number of hydrogen-bond acceptors (Lipinski definition) is 3. The van der Waals surface area contributed by atoms with Crippen LogP contribution < -0.4 is 10.1 Å². The molecule has 1 unspecified atom stereocenters. The molecular weight excluding hydrogens is 286 g/mol. The molecule has 124 valence electrons. The van der Waals surface area contributed by atoms with Crippen molar-refractivity contribution in [1.29, 1.82) is 0 Å². The van der Waals surface area contributed by atoms with Crippen molar-refractivity contribution in [3.63, 3.8) is 0 Å². The molecule has 1 atom stereocenters. The van der Waals surface area contributed by atoms with Gasteiger partial charge in [-0.25, -0.2) is 0 Å². The van der Waals surface area contributed by atoms with Gasteiger partial charge in [-0.15, -0.1) is 0 Å². The molecule has 0 fully saturated rings. The zero-order chi connectivity index (χ0) is 16.7. The number of methoxy groups -OCH3 is 1. The van der Waals surface area contributed by atoms with Gasteiger partial charge in [0.25, 0.3) is 0 Å². The summed E-state index contributed by atoms with van der Waals surface area (Å²) in [5, 5.41) is 13.3. The average molecular weight is 313 g/mol. The van der Waals surface area contributed by atoms with Gasteiger partial charge in [0.15, 0.2) is 0 Å². The van der Waals surface area contributed by atoms with Crippen molar-refractivity contribution in [2.75, 3.05) is 20.3 Å². The molecule has 23 heavy (non-hydrogen) atoms. The summed E-state index contributed by atoms with van der Waals surface area (Å²) in [6, 6.07) is 18.4. The first-order valence-electron chi connectivity index (χ1n) is 8.07. The molecule has 0 aromatic heterocycles. The number of ether oxygens (including phenoxy) is 1. The molecule has 0 aliphatic carbocycles. The first kappa shape index (κ1) is 17.5. The SMILES string of the molecule is COc1ccccc1CNCC(c1ccccc1)C(C)(C)CO. The molecule has 0 spiro atoms. The van der Waals surface area contributed by atoms with E-state index in [-0.39, 0.29) is 17.9 Å². The average Bonchev–Trinajstić information content (AvgIpc) is 2.59. The Morgan fingerprint density at radius 1 is 1.04 bits per heavy atom. The Bertz CT molecular complexity index is 596. The molecule has 0 saturated heterocycles. The van der Waals surface area contributed by atoms with Crippen LogP contribution in [0.5, 0.6) is 5.75 Å². The predicted octanol–water partition coefficient (Wildman–Crippen LogP) is 3.59. The van der Waals surface area contributed by atoms with Crippen LogP contribution in [0, 0.1) is 5.41 Å². The number of nitrogens with one attached hydrogen (secondary N) is 1. The Hall–Kier alpha value is -1.84. The zero-order valence-corrected chi connectivity index (χ0v) is 14.3. The highest BCUT2D eigenvalue weighted by molar-refractivity contribution is 5.33. The minimum atomic E-state index is -0.185. The molecule has 0 bridgehead atoms. The van der Waals surface area contributed by atoms with Crippen LogP contribution in [0.15, 0.2) is 54.6 Å². The van der Waals surface area contributed by atoms with E-state index in [0.717, 1.165) is 24.4 Å². The summed E-state index contributed by atoms with van der Waals surface area (Å²) in [5.74, 6) is 1.14. The second kappa shape index (κ2) is 8.14. The Kier molecular flexibility index (Phi) is 6.20. The topological polar surface area (TPSA) is 41.5 Å². The second-order valence-electron chi connectivity index (χ2n) is 6.55. The van der Waals surface area contributed by atoms with Gasteiger partial charge < -0.3 is 15.2 Å². The summed E-state index contributed by atoms with van der Waals surface area (Å²) in [6.07, 6.45) is 0. The van der Waals surface area contributed by atoms with E-state index in [1.807, 2.05) is 24.3 Å². The molecule has 0 aliphatic heterocycles. The maximum atomic E-state index is 9.78. The number of benzene rings is 2. The van der Waals surface area contributed by atoms with Crippen LogP contribution in [0.3, 0.4) is 0 Å². The van der Waals surface area contributed by atoms with Crippen molar-refractivity contribution >= 4 is 0 Å². The van der Waals surface area contributed by atoms with Gasteiger partial charge in [-0.3, -0.25) is 0 Å². The molecule has 2 rings (SSSR count). The summed E-state index contributed by atoms with van der Waals surface area (Å²) in [4.78, 5) is 0. The summed E-state index contributed by atoms with van der Waals surface area (Å²) in [6.45, 7) is 5.91. The standard InChI is InChI=1S/C20H27NO2/c1-20(2,15-22)18(16-9-5-4-6-10-16)14-21-13-17-11-7-8-12-19(17)23-3/h4-12,18,21-22H,13-15H2,1-3H3. The molecule has 0 radical (unpaired) electrons. The molecule has 2 aromatic rings. The molecule has 0 aliphatic rings. The summed E-state index contributed by atoms with van der Waals surface area (Å²) >= 11 is 0. The molecule has 0 heterocycles. The van der Waals surface area contributed by atoms with Crippen molar-refractivity contribution in [2.24, 2.45) is 5.41 Å². The van der Waals surface area contributed by atoms with Gasteiger partial charge in [-0.2, -0.15) is 0 Å². The highest BCUT2D eigenvalue weighted by Crippen LogP contribution is 2.34. The van der Waals surface area contributed by atoms with Crippen LogP contribution in [-0.2, 0) is 6.54 Å². The quantitative estimate of drug-likeness (QED) is 0.782. The molecular formula is C20H27NO2. The van der Waals surface area contributed by atoms with E-state index in [0.29, 0.717) is 0 Å². The van der Waals surface area contributed by atoms with Crippen molar-refractivity contribution in [2.45, 2.75) is 26.3 Å². The maximum Gasteiger partial charge on any atom is 0.123 e. The van der Waals surface area contributed by atoms with E-state index >= 15 is 0 Å². The third kappa shape index (κ3) is 4.57. The van der Waals surface area contributed by atoms with Crippen molar-refractivity contribution in [3.8, 4) is 5.75 Å². The lowest BCUT2D eigenvalue weighted by Gasteiger charge is -2.33. The minimum Gasteiger partial charge on any atom is -0.496 e. The number of para-hydroxylation sites is 1. The molecule has 3 heteroatoms. The Morgan fingerprint density at radius 3 is 2.35 bits per heavy atom. The van der Waals surface area contributed by atoms with Gasteiger partial charge in [-0.05, 0) is 17.0 Å². The Balaban J connectivity index is 2.07. The second-order valence-corrected chi connectivity index (χ2v) is 6.55. The minimum absolute atomic E-state index is 0.156. The fourth-order valence-electron chi connectivity index (χ4n) is 2.84. The van der Waals surface area contributed by atoms with Gasteiger partial charge in [0, 0.05) is 31.2 Å². The normalized spacial score (nSPS) is 12.9. The lowest BCUT2D eigenvalue weighted by atomic mass is 9.75. The molecule has 2 aromatic carbocycles. The third-order valence-electron chi connectivity index (χ3n) is 4.41. The van der Waals surface area contributed by atoms with Gasteiger partial charge in [0.05, 0.1) is 7.11 Å². The summed E-state index contributed by atoms with van der Waals surface area (Å²) in [5.41, 5.74) is 2.21. The first-order valence-corrected chi connectivity index (χ1v) is 8.07. The van der Waals surface area contributed by atoms with E-state index < -0.39 is 0 Å². The highest BCUT2D eigenvalue weighted by Gasteiger charge is 2.29. The zero-order valence-electron chi connectivity index (χ0n) is 14.3. The number of hydrogen-bond donors (Lipinski definition) is 2. The van der Waals surface area contributed by atoms with Gasteiger partial charge in [0.1, 0.15) is 5.75 Å². The first-order chi connectivity index (χ1) is 11.1. The Labute approximate surface area is 139 Å². The molecule has 0 amide bonds.